The van der Waals surface area contributed by atoms with Gasteiger partial charge in [-0.2, -0.15) is 26.3 Å². The van der Waals surface area contributed by atoms with Crippen LogP contribution in [-0.4, -0.2) is 41.4 Å². The van der Waals surface area contributed by atoms with Crippen molar-refractivity contribution < 1.29 is 54.6 Å². The number of halogens is 7. The number of esters is 1. The molecular weight excluding hydrogens is 537 g/mol. The van der Waals surface area contributed by atoms with Crippen molar-refractivity contribution in [2.24, 2.45) is 0 Å². The lowest BCUT2D eigenvalue weighted by Crippen LogP contribution is -2.23. The first-order chi connectivity index (χ1) is 16.1. The summed E-state index contributed by atoms with van der Waals surface area (Å²) in [7, 11) is -4.24. The van der Waals surface area contributed by atoms with Gasteiger partial charge in [0.05, 0.1) is 10.5 Å². The molecule has 1 aromatic heterocycles. The van der Waals surface area contributed by atoms with Gasteiger partial charge in [0.1, 0.15) is 16.1 Å². The standard InChI is InChI=1S/C18H14ClF6N2O7P/c1-2-35(31,33-8-15(28)32-9-17(20,21)22)14-6-11(3-4-13(14)27(29)30)34-16-12(19)5-10(7-26-16)18(23,24)25/h3-7H,2,8-9H2,1H3. The lowest BCUT2D eigenvalue weighted by Gasteiger charge is -2.18. The topological polar surface area (TPSA) is 118 Å². The minimum atomic E-state index is -4.82. The van der Waals surface area contributed by atoms with Gasteiger partial charge in [-0.3, -0.25) is 14.7 Å². The Morgan fingerprint density at radius 2 is 1.86 bits per heavy atom. The molecule has 2 rings (SSSR count). The zero-order chi connectivity index (χ0) is 26.6. The molecule has 1 atom stereocenters. The Hall–Kier alpha value is -2.90. The molecule has 0 aliphatic carbocycles. The van der Waals surface area contributed by atoms with Gasteiger partial charge in [0.25, 0.3) is 5.69 Å². The van der Waals surface area contributed by atoms with E-state index in [1.807, 2.05) is 0 Å². The normalized spacial score (nSPS) is 13.7. The van der Waals surface area contributed by atoms with Crippen LogP contribution in [0, 0.1) is 10.1 Å². The summed E-state index contributed by atoms with van der Waals surface area (Å²) in [6, 6.07) is 3.24. The number of nitro groups is 1. The van der Waals surface area contributed by atoms with E-state index in [4.69, 9.17) is 20.9 Å². The largest absolute Gasteiger partial charge is 0.454 e. The highest BCUT2D eigenvalue weighted by atomic mass is 35.5. The van der Waals surface area contributed by atoms with Gasteiger partial charge in [-0.15, -0.1) is 0 Å². The van der Waals surface area contributed by atoms with Crippen LogP contribution < -0.4 is 10.0 Å². The number of pyridine rings is 1. The minimum absolute atomic E-state index is 0.295. The molecule has 0 aliphatic heterocycles. The number of nitro benzene ring substituents is 1. The second kappa shape index (κ2) is 10.8. The molecule has 0 saturated carbocycles. The van der Waals surface area contributed by atoms with Crippen molar-refractivity contribution >= 4 is 35.9 Å². The number of alkyl halides is 6. The highest BCUT2D eigenvalue weighted by Gasteiger charge is 2.35. The number of carbonyl (C=O) groups is 1. The van der Waals surface area contributed by atoms with Crippen molar-refractivity contribution in [3.8, 4) is 11.6 Å². The third-order valence-electron chi connectivity index (χ3n) is 4.06. The van der Waals surface area contributed by atoms with Crippen molar-refractivity contribution in [1.29, 1.82) is 0 Å². The predicted octanol–water partition coefficient (Wildman–Crippen LogP) is 5.50. The Bertz CT molecular complexity index is 1160. The van der Waals surface area contributed by atoms with Crippen LogP contribution in [0.5, 0.6) is 11.6 Å². The van der Waals surface area contributed by atoms with Gasteiger partial charge >= 0.3 is 18.3 Å². The first-order valence-corrected chi connectivity index (χ1v) is 11.4. The van der Waals surface area contributed by atoms with Crippen LogP contribution in [0.3, 0.4) is 0 Å². The highest BCUT2D eigenvalue weighted by molar-refractivity contribution is 7.67. The van der Waals surface area contributed by atoms with Crippen molar-refractivity contribution in [3.05, 3.63) is 51.2 Å². The summed E-state index contributed by atoms with van der Waals surface area (Å²) in [5.41, 5.74) is -1.90. The first-order valence-electron chi connectivity index (χ1n) is 9.21. The van der Waals surface area contributed by atoms with Gasteiger partial charge in [-0.05, 0) is 12.1 Å². The summed E-state index contributed by atoms with van der Waals surface area (Å²) in [6.07, 6.45) is -9.55. The zero-order valence-corrected chi connectivity index (χ0v) is 19.0. The first kappa shape index (κ1) is 28.3. The van der Waals surface area contributed by atoms with Crippen LogP contribution in [0.25, 0.3) is 0 Å². The quantitative estimate of drug-likeness (QED) is 0.132. The molecule has 2 aromatic rings. The molecule has 0 N–H and O–H groups in total. The van der Waals surface area contributed by atoms with Crippen LogP contribution >= 0.6 is 19.0 Å². The van der Waals surface area contributed by atoms with Crippen LogP contribution in [-0.2, 0) is 24.8 Å². The number of hydrogen-bond donors (Lipinski definition) is 0. The molecule has 17 heteroatoms. The average Bonchev–Trinajstić information content (AvgIpc) is 2.76. The molecule has 1 unspecified atom stereocenters. The fourth-order valence-corrected chi connectivity index (χ4v) is 4.46. The molecule has 0 spiro atoms. The Morgan fingerprint density at radius 1 is 1.20 bits per heavy atom. The van der Waals surface area contributed by atoms with E-state index in [1.54, 1.807) is 0 Å². The highest BCUT2D eigenvalue weighted by Crippen LogP contribution is 2.48. The van der Waals surface area contributed by atoms with E-state index in [-0.39, 0.29) is 5.75 Å². The molecule has 0 amide bonds. The predicted molar refractivity (Wildman–Crippen MR) is 108 cm³/mol. The Balaban J connectivity index is 2.34. The van der Waals surface area contributed by atoms with Gasteiger partial charge in [0, 0.05) is 24.5 Å². The average molecular weight is 551 g/mol. The Morgan fingerprint density at radius 3 is 2.37 bits per heavy atom. The number of rotatable bonds is 9. The van der Waals surface area contributed by atoms with Gasteiger partial charge < -0.3 is 14.0 Å². The van der Waals surface area contributed by atoms with Crippen LogP contribution in [0.2, 0.25) is 5.02 Å². The monoisotopic (exact) mass is 550 g/mol. The molecule has 0 bridgehead atoms. The van der Waals surface area contributed by atoms with Crippen molar-refractivity contribution in [3.63, 3.8) is 0 Å². The van der Waals surface area contributed by atoms with Crippen molar-refractivity contribution in [2.75, 3.05) is 19.4 Å². The second-order valence-corrected chi connectivity index (χ2v) is 9.68. The second-order valence-electron chi connectivity index (χ2n) is 6.56. The fourth-order valence-electron chi connectivity index (χ4n) is 2.45. The summed E-state index contributed by atoms with van der Waals surface area (Å²) in [6.45, 7) is -1.86. The molecule has 0 aliphatic rings. The number of carbonyl (C=O) groups excluding carboxylic acids is 1. The van der Waals surface area contributed by atoms with E-state index < -0.39 is 77.4 Å². The van der Waals surface area contributed by atoms with Crippen LogP contribution in [0.1, 0.15) is 12.5 Å². The van der Waals surface area contributed by atoms with E-state index in [0.717, 1.165) is 18.2 Å². The Labute approximate surface area is 197 Å². The molecule has 1 heterocycles. The molecule has 192 valence electrons. The van der Waals surface area contributed by atoms with Gasteiger partial charge in [0.15, 0.2) is 13.2 Å². The van der Waals surface area contributed by atoms with Gasteiger partial charge in [-0.1, -0.05) is 18.5 Å². The molecule has 35 heavy (non-hydrogen) atoms. The third-order valence-corrected chi connectivity index (χ3v) is 6.81. The lowest BCUT2D eigenvalue weighted by atomic mass is 10.3. The van der Waals surface area contributed by atoms with Gasteiger partial charge in [0.2, 0.25) is 13.2 Å². The molecular formula is C18H14ClF6N2O7P. The SMILES string of the molecule is CCP(=O)(OCC(=O)OCC(F)(F)F)c1cc(Oc2ncc(C(F)(F)F)cc2Cl)ccc1[N+](=O)[O-]. The van der Waals surface area contributed by atoms with E-state index in [1.165, 1.54) is 6.92 Å². The molecule has 9 nitrogen and oxygen atoms in total. The molecule has 1 aromatic carbocycles. The Kier molecular flexibility index (Phi) is 8.74. The smallest absolute Gasteiger partial charge is 0.422 e. The number of aromatic nitrogens is 1. The summed E-state index contributed by atoms with van der Waals surface area (Å²) >= 11 is 5.76. The molecule has 0 saturated heterocycles. The van der Waals surface area contributed by atoms with E-state index in [9.17, 15) is 45.8 Å². The van der Waals surface area contributed by atoms with E-state index in [0.29, 0.717) is 12.3 Å². The minimum Gasteiger partial charge on any atom is -0.454 e. The molecule has 0 fully saturated rings. The summed E-state index contributed by atoms with van der Waals surface area (Å²) < 4.78 is 102. The van der Waals surface area contributed by atoms with Crippen molar-refractivity contribution in [2.45, 2.75) is 19.3 Å². The maximum Gasteiger partial charge on any atom is 0.422 e. The van der Waals surface area contributed by atoms with Crippen LogP contribution in [0.4, 0.5) is 32.0 Å². The summed E-state index contributed by atoms with van der Waals surface area (Å²) in [4.78, 5) is 25.5. The lowest BCUT2D eigenvalue weighted by molar-refractivity contribution is -0.383. The third kappa shape index (κ3) is 7.80. The van der Waals surface area contributed by atoms with Crippen LogP contribution in [0.15, 0.2) is 30.5 Å². The number of hydrogen-bond acceptors (Lipinski definition) is 8. The molecule has 0 radical (unpaired) electrons. The number of benzene rings is 1. The van der Waals surface area contributed by atoms with Gasteiger partial charge in [-0.25, -0.2) is 9.78 Å². The zero-order valence-electron chi connectivity index (χ0n) is 17.4. The summed E-state index contributed by atoms with van der Waals surface area (Å²) in [5.74, 6) is -2.33. The van der Waals surface area contributed by atoms with E-state index in [2.05, 4.69) is 9.72 Å². The number of ether oxygens (including phenoxy) is 2. The van der Waals surface area contributed by atoms with E-state index >= 15 is 0 Å². The summed E-state index contributed by atoms with van der Waals surface area (Å²) in [5, 5.41) is 10.3. The number of nitrogens with zero attached hydrogens (tertiary/aromatic N) is 2. The maximum absolute atomic E-state index is 13.3. The fraction of sp³-hybridized carbons (Fsp3) is 0.333. The van der Waals surface area contributed by atoms with Crippen molar-refractivity contribution in [1.82, 2.24) is 4.98 Å². The maximum atomic E-state index is 13.3.